The summed E-state index contributed by atoms with van der Waals surface area (Å²) in [6.07, 6.45) is 1.99. The lowest BCUT2D eigenvalue weighted by atomic mass is 10.1. The monoisotopic (exact) mass is 269 g/mol. The van der Waals surface area contributed by atoms with Gasteiger partial charge < -0.3 is 5.11 Å². The van der Waals surface area contributed by atoms with Crippen molar-refractivity contribution in [2.45, 2.75) is 25.8 Å². The zero-order valence-electron chi connectivity index (χ0n) is 9.68. The third-order valence-corrected chi connectivity index (χ3v) is 3.13. The fourth-order valence-electron chi connectivity index (χ4n) is 1.92. The van der Waals surface area contributed by atoms with Gasteiger partial charge in [0.25, 0.3) is 0 Å². The molecule has 1 saturated heterocycles. The standard InChI is InChI=1S/C11H12ClN3O3/c1-2-6-7(12)3-4-13-10(6)15-8(11(17)18)5-9(16)14-15/h3-4,8H,2,5H2,1H3,(H,14,16)(H,17,18). The third kappa shape index (κ3) is 2.11. The summed E-state index contributed by atoms with van der Waals surface area (Å²) in [5, 5.41) is 10.9. The molecule has 1 unspecified atom stereocenters. The Morgan fingerprint density at radius 3 is 3.06 bits per heavy atom. The molecule has 1 aromatic heterocycles. The number of nitrogens with one attached hydrogen (secondary N) is 1. The van der Waals surface area contributed by atoms with Crippen LogP contribution in [0.4, 0.5) is 5.82 Å². The lowest BCUT2D eigenvalue weighted by Gasteiger charge is -2.23. The van der Waals surface area contributed by atoms with Crippen molar-refractivity contribution in [1.29, 1.82) is 0 Å². The van der Waals surface area contributed by atoms with E-state index in [4.69, 9.17) is 16.7 Å². The molecule has 2 N–H and O–H groups in total. The van der Waals surface area contributed by atoms with E-state index in [0.29, 0.717) is 22.8 Å². The van der Waals surface area contributed by atoms with Crippen LogP contribution >= 0.6 is 11.6 Å². The minimum absolute atomic E-state index is 0.0906. The lowest BCUT2D eigenvalue weighted by Crippen LogP contribution is -2.43. The molecule has 0 aromatic carbocycles. The Bertz CT molecular complexity index is 506. The summed E-state index contributed by atoms with van der Waals surface area (Å²) >= 11 is 6.04. The van der Waals surface area contributed by atoms with Gasteiger partial charge in [0.15, 0.2) is 11.9 Å². The normalized spacial score (nSPS) is 18.9. The first-order valence-electron chi connectivity index (χ1n) is 5.49. The fourth-order valence-corrected chi connectivity index (χ4v) is 2.19. The summed E-state index contributed by atoms with van der Waals surface area (Å²) in [5.41, 5.74) is 3.21. The van der Waals surface area contributed by atoms with E-state index in [9.17, 15) is 9.59 Å². The van der Waals surface area contributed by atoms with E-state index < -0.39 is 12.0 Å². The summed E-state index contributed by atoms with van der Waals surface area (Å²) in [6.45, 7) is 1.89. The number of carbonyl (C=O) groups is 2. The number of hydrazine groups is 1. The average molecular weight is 270 g/mol. The molecule has 96 valence electrons. The Morgan fingerprint density at radius 2 is 2.44 bits per heavy atom. The predicted molar refractivity (Wildman–Crippen MR) is 65.3 cm³/mol. The summed E-state index contributed by atoms with van der Waals surface area (Å²) in [7, 11) is 0. The third-order valence-electron chi connectivity index (χ3n) is 2.78. The van der Waals surface area contributed by atoms with Crippen molar-refractivity contribution in [3.05, 3.63) is 22.8 Å². The topological polar surface area (TPSA) is 82.5 Å². The number of carbonyl (C=O) groups excluding carboxylic acids is 1. The SMILES string of the molecule is CCc1c(Cl)ccnc1N1NC(=O)CC1C(=O)O. The van der Waals surface area contributed by atoms with Crippen molar-refractivity contribution in [3.8, 4) is 0 Å². The van der Waals surface area contributed by atoms with Crippen LogP contribution in [-0.4, -0.2) is 28.0 Å². The molecule has 18 heavy (non-hydrogen) atoms. The van der Waals surface area contributed by atoms with Crippen molar-refractivity contribution >= 4 is 29.3 Å². The van der Waals surface area contributed by atoms with Crippen LogP contribution in [0.15, 0.2) is 12.3 Å². The molecular formula is C11H12ClN3O3. The van der Waals surface area contributed by atoms with E-state index in [1.807, 2.05) is 6.92 Å². The second kappa shape index (κ2) is 4.81. The highest BCUT2D eigenvalue weighted by Crippen LogP contribution is 2.28. The molecule has 7 heteroatoms. The summed E-state index contributed by atoms with van der Waals surface area (Å²) < 4.78 is 0. The Morgan fingerprint density at radius 1 is 1.72 bits per heavy atom. The van der Waals surface area contributed by atoms with Crippen LogP contribution in [0.25, 0.3) is 0 Å². The van der Waals surface area contributed by atoms with Crippen molar-refractivity contribution in [2.24, 2.45) is 0 Å². The number of halogens is 1. The zero-order valence-corrected chi connectivity index (χ0v) is 10.4. The van der Waals surface area contributed by atoms with E-state index in [1.54, 1.807) is 6.07 Å². The first-order chi connectivity index (χ1) is 8.54. The van der Waals surface area contributed by atoms with Gasteiger partial charge in [-0.05, 0) is 12.5 Å². The van der Waals surface area contributed by atoms with Crippen LogP contribution in [0.1, 0.15) is 18.9 Å². The molecule has 2 heterocycles. The van der Waals surface area contributed by atoms with E-state index in [-0.39, 0.29) is 12.3 Å². The number of rotatable bonds is 3. The number of anilines is 1. The minimum atomic E-state index is -1.07. The van der Waals surface area contributed by atoms with Crippen LogP contribution in [0.5, 0.6) is 0 Å². The number of hydrogen-bond acceptors (Lipinski definition) is 4. The highest BCUT2D eigenvalue weighted by atomic mass is 35.5. The smallest absolute Gasteiger partial charge is 0.329 e. The quantitative estimate of drug-likeness (QED) is 0.855. The highest BCUT2D eigenvalue weighted by Gasteiger charge is 2.37. The van der Waals surface area contributed by atoms with Crippen molar-refractivity contribution < 1.29 is 14.7 Å². The van der Waals surface area contributed by atoms with Gasteiger partial charge in [-0.25, -0.2) is 9.78 Å². The van der Waals surface area contributed by atoms with Gasteiger partial charge in [-0.3, -0.25) is 15.2 Å². The van der Waals surface area contributed by atoms with Crippen LogP contribution in [0, 0.1) is 0 Å². The largest absolute Gasteiger partial charge is 0.480 e. The van der Waals surface area contributed by atoms with Gasteiger partial charge in [0, 0.05) is 16.8 Å². The maximum Gasteiger partial charge on any atom is 0.329 e. The molecule has 6 nitrogen and oxygen atoms in total. The van der Waals surface area contributed by atoms with E-state index in [1.165, 1.54) is 11.2 Å². The minimum Gasteiger partial charge on any atom is -0.480 e. The van der Waals surface area contributed by atoms with Gasteiger partial charge >= 0.3 is 5.97 Å². The molecule has 2 rings (SSSR count). The van der Waals surface area contributed by atoms with E-state index in [2.05, 4.69) is 10.4 Å². The molecule has 0 radical (unpaired) electrons. The molecule has 1 aromatic rings. The lowest BCUT2D eigenvalue weighted by molar-refractivity contribution is -0.139. The molecule has 0 bridgehead atoms. The first-order valence-corrected chi connectivity index (χ1v) is 5.87. The Balaban J connectivity index is 2.44. The molecule has 1 aliphatic rings. The number of amides is 1. The summed E-state index contributed by atoms with van der Waals surface area (Å²) in [5.74, 6) is -1.02. The number of carboxylic acids is 1. The fraction of sp³-hybridized carbons (Fsp3) is 0.364. The summed E-state index contributed by atoms with van der Waals surface area (Å²) in [6, 6.07) is 0.686. The van der Waals surface area contributed by atoms with E-state index >= 15 is 0 Å². The second-order valence-electron chi connectivity index (χ2n) is 3.91. The Labute approximate surface area is 109 Å². The molecule has 1 fully saturated rings. The van der Waals surface area contributed by atoms with Crippen molar-refractivity contribution in [1.82, 2.24) is 10.4 Å². The number of aliphatic carboxylic acids is 1. The van der Waals surface area contributed by atoms with Gasteiger partial charge in [-0.15, -0.1) is 0 Å². The average Bonchev–Trinajstić information content (AvgIpc) is 2.71. The molecule has 1 aliphatic heterocycles. The van der Waals surface area contributed by atoms with Gasteiger partial charge in [-0.2, -0.15) is 0 Å². The first kappa shape index (κ1) is 12.6. The highest BCUT2D eigenvalue weighted by molar-refractivity contribution is 6.31. The molecular weight excluding hydrogens is 258 g/mol. The van der Waals surface area contributed by atoms with Gasteiger partial charge in [0.1, 0.15) is 0 Å². The van der Waals surface area contributed by atoms with Gasteiger partial charge in [0.05, 0.1) is 6.42 Å². The maximum absolute atomic E-state index is 11.3. The number of hydrogen-bond donors (Lipinski definition) is 2. The number of aromatic nitrogens is 1. The molecule has 0 aliphatic carbocycles. The predicted octanol–water partition coefficient (Wildman–Crippen LogP) is 0.992. The van der Waals surface area contributed by atoms with Crippen molar-refractivity contribution in [3.63, 3.8) is 0 Å². The van der Waals surface area contributed by atoms with Gasteiger partial charge in [-0.1, -0.05) is 18.5 Å². The van der Waals surface area contributed by atoms with Crippen molar-refractivity contribution in [2.75, 3.05) is 5.01 Å². The molecule has 1 atom stereocenters. The number of carboxylic acid groups (broad SMARTS) is 1. The van der Waals surface area contributed by atoms with E-state index in [0.717, 1.165) is 0 Å². The van der Waals surface area contributed by atoms with Crippen LogP contribution in [0.3, 0.4) is 0 Å². The number of nitrogens with zero attached hydrogens (tertiary/aromatic N) is 2. The molecule has 0 saturated carbocycles. The Kier molecular flexibility index (Phi) is 3.38. The number of pyridine rings is 1. The van der Waals surface area contributed by atoms with Gasteiger partial charge in [0.2, 0.25) is 5.91 Å². The molecule has 1 amide bonds. The maximum atomic E-state index is 11.3. The van der Waals surface area contributed by atoms with Crippen LogP contribution in [-0.2, 0) is 16.0 Å². The zero-order chi connectivity index (χ0) is 13.3. The van der Waals surface area contributed by atoms with Crippen LogP contribution < -0.4 is 10.4 Å². The summed E-state index contributed by atoms with van der Waals surface area (Å²) in [4.78, 5) is 26.6. The Hall–Kier alpha value is -1.82. The van der Waals surface area contributed by atoms with Crippen LogP contribution in [0.2, 0.25) is 5.02 Å². The second-order valence-corrected chi connectivity index (χ2v) is 4.32. The molecule has 0 spiro atoms.